The number of ether oxygens (including phenoxy) is 1. The van der Waals surface area contributed by atoms with Crippen molar-refractivity contribution in [3.63, 3.8) is 0 Å². The molecule has 2 unspecified atom stereocenters. The molecule has 2 aliphatic heterocycles. The van der Waals surface area contributed by atoms with Crippen LogP contribution in [-0.4, -0.2) is 45.8 Å². The molecule has 0 spiro atoms. The minimum absolute atomic E-state index is 0.0111. The highest BCUT2D eigenvalue weighted by atomic mass is 32.2. The van der Waals surface area contributed by atoms with Gasteiger partial charge in [-0.2, -0.15) is 0 Å². The molecule has 2 heterocycles. The molecule has 0 aromatic heterocycles. The number of benzene rings is 2. The van der Waals surface area contributed by atoms with Crippen LogP contribution in [0, 0.1) is 0 Å². The molecular formula is C23H21NO4S. The van der Waals surface area contributed by atoms with Gasteiger partial charge in [-0.1, -0.05) is 36.4 Å². The van der Waals surface area contributed by atoms with Gasteiger partial charge in [-0.15, -0.1) is 11.8 Å². The number of hydrogen-bond donors (Lipinski definition) is 0. The number of fused-ring (bicyclic) bond motifs is 4. The monoisotopic (exact) mass is 407 g/mol. The van der Waals surface area contributed by atoms with Gasteiger partial charge >= 0.3 is 5.97 Å². The van der Waals surface area contributed by atoms with E-state index in [1.54, 1.807) is 22.7 Å². The third-order valence-electron chi connectivity index (χ3n) is 6.18. The Morgan fingerprint density at radius 1 is 1.17 bits per heavy atom. The molecule has 29 heavy (non-hydrogen) atoms. The summed E-state index contributed by atoms with van der Waals surface area (Å²) < 4.78 is 5.34. The van der Waals surface area contributed by atoms with E-state index in [4.69, 9.17) is 4.74 Å². The molecule has 3 aliphatic rings. The molecule has 0 bridgehead atoms. The van der Waals surface area contributed by atoms with Crippen LogP contribution in [0.25, 0.3) is 11.1 Å². The fraction of sp³-hybridized carbons (Fsp3) is 0.348. The van der Waals surface area contributed by atoms with Crippen LogP contribution in [0.1, 0.15) is 41.3 Å². The molecule has 5 nitrogen and oxygen atoms in total. The van der Waals surface area contributed by atoms with Gasteiger partial charge in [-0.25, -0.2) is 4.79 Å². The molecule has 1 amide bonds. The zero-order valence-corrected chi connectivity index (χ0v) is 17.0. The molecular weight excluding hydrogens is 386 g/mol. The smallest absolute Gasteiger partial charge is 0.330 e. The zero-order chi connectivity index (χ0) is 20.2. The number of ketones is 1. The average Bonchev–Trinajstić information content (AvgIpc) is 3.36. The fourth-order valence-corrected chi connectivity index (χ4v) is 6.03. The average molecular weight is 407 g/mol. The number of hydrogen-bond acceptors (Lipinski definition) is 5. The molecule has 2 atom stereocenters. The maximum atomic E-state index is 12.7. The van der Waals surface area contributed by atoms with E-state index < -0.39 is 12.0 Å². The molecule has 0 saturated carbocycles. The van der Waals surface area contributed by atoms with Gasteiger partial charge in [-0.05, 0) is 48.1 Å². The topological polar surface area (TPSA) is 63.7 Å². The van der Waals surface area contributed by atoms with Crippen molar-refractivity contribution in [2.24, 2.45) is 0 Å². The van der Waals surface area contributed by atoms with Crippen molar-refractivity contribution in [1.82, 2.24) is 4.90 Å². The molecule has 6 heteroatoms. The third-order valence-corrected chi connectivity index (χ3v) is 7.69. The number of nitrogens with zero attached hydrogens (tertiary/aromatic N) is 1. The number of rotatable bonds is 4. The van der Waals surface area contributed by atoms with E-state index >= 15 is 0 Å². The lowest BCUT2D eigenvalue weighted by molar-refractivity contribution is -0.152. The normalized spacial score (nSPS) is 24.2. The maximum absolute atomic E-state index is 12.7. The first kappa shape index (κ1) is 18.4. The van der Waals surface area contributed by atoms with E-state index in [-0.39, 0.29) is 23.2 Å². The molecule has 1 aliphatic carbocycles. The van der Waals surface area contributed by atoms with Crippen LogP contribution in [-0.2, 0) is 20.7 Å². The van der Waals surface area contributed by atoms with Crippen molar-refractivity contribution in [1.29, 1.82) is 0 Å². The quantitative estimate of drug-likeness (QED) is 0.490. The van der Waals surface area contributed by atoms with Crippen LogP contribution < -0.4 is 0 Å². The lowest BCUT2D eigenvalue weighted by Crippen LogP contribution is -2.46. The van der Waals surface area contributed by atoms with Gasteiger partial charge in [0.15, 0.2) is 12.4 Å². The van der Waals surface area contributed by atoms with Crippen molar-refractivity contribution in [2.45, 2.75) is 37.1 Å². The van der Waals surface area contributed by atoms with Gasteiger partial charge in [0.1, 0.15) is 6.04 Å². The number of carbonyl (C=O) groups excluding carboxylic acids is 3. The fourth-order valence-electron chi connectivity index (χ4n) is 4.61. The second-order valence-electron chi connectivity index (χ2n) is 8.00. The van der Waals surface area contributed by atoms with Gasteiger partial charge in [-0.3, -0.25) is 9.59 Å². The first-order valence-corrected chi connectivity index (χ1v) is 10.8. The highest BCUT2D eigenvalue weighted by Crippen LogP contribution is 2.47. The summed E-state index contributed by atoms with van der Waals surface area (Å²) in [5.41, 5.74) is 5.23. The number of esters is 1. The third kappa shape index (κ3) is 2.97. The highest BCUT2D eigenvalue weighted by molar-refractivity contribution is 8.01. The zero-order valence-electron chi connectivity index (χ0n) is 16.1. The molecule has 0 N–H and O–H groups in total. The van der Waals surface area contributed by atoms with E-state index in [2.05, 4.69) is 12.1 Å². The van der Waals surface area contributed by atoms with Gasteiger partial charge in [0.05, 0.1) is 4.87 Å². The second kappa shape index (κ2) is 6.73. The first-order chi connectivity index (χ1) is 14.0. The Morgan fingerprint density at radius 2 is 1.97 bits per heavy atom. The lowest BCUT2D eigenvalue weighted by atomic mass is 10.0. The minimum Gasteiger partial charge on any atom is -0.456 e. The highest BCUT2D eigenvalue weighted by Gasteiger charge is 2.53. The van der Waals surface area contributed by atoms with Crippen molar-refractivity contribution in [2.75, 3.05) is 12.4 Å². The Hall–Kier alpha value is -2.60. The first-order valence-electron chi connectivity index (χ1n) is 9.83. The standard InChI is InChI=1S/C23H21NO4S/c1-23-9-8-21(26)24(23)19(13-29-23)22(27)28-12-20(25)16-7-6-15-10-14-4-2-3-5-17(14)18(15)11-16/h2-7,11,19H,8-10,12-13H2,1H3. The summed E-state index contributed by atoms with van der Waals surface area (Å²) in [4.78, 5) is 38.8. The SMILES string of the molecule is CC12CCC(=O)N1C(C(=O)OCC(=O)c1ccc3c(c1)-c1ccccc1C3)CS2. The van der Waals surface area contributed by atoms with Gasteiger partial charge in [0.25, 0.3) is 0 Å². The number of carbonyl (C=O) groups is 3. The Kier molecular flexibility index (Phi) is 4.28. The minimum atomic E-state index is -0.598. The summed E-state index contributed by atoms with van der Waals surface area (Å²) in [6.45, 7) is 1.68. The van der Waals surface area contributed by atoms with Crippen molar-refractivity contribution >= 4 is 29.4 Å². The van der Waals surface area contributed by atoms with E-state index in [0.29, 0.717) is 17.7 Å². The lowest BCUT2D eigenvalue weighted by Gasteiger charge is -2.29. The summed E-state index contributed by atoms with van der Waals surface area (Å²) in [7, 11) is 0. The van der Waals surface area contributed by atoms with E-state index in [9.17, 15) is 14.4 Å². The predicted octanol–water partition coefficient (Wildman–Crippen LogP) is 3.44. The van der Waals surface area contributed by atoms with Crippen LogP contribution in [0.3, 0.4) is 0 Å². The molecule has 2 aromatic rings. The van der Waals surface area contributed by atoms with Crippen molar-refractivity contribution in [3.05, 3.63) is 59.2 Å². The van der Waals surface area contributed by atoms with Crippen LogP contribution >= 0.6 is 11.8 Å². The predicted molar refractivity (Wildman–Crippen MR) is 111 cm³/mol. The molecule has 2 aromatic carbocycles. The Morgan fingerprint density at radius 3 is 2.83 bits per heavy atom. The molecule has 2 fully saturated rings. The summed E-state index contributed by atoms with van der Waals surface area (Å²) >= 11 is 1.61. The molecule has 2 saturated heterocycles. The van der Waals surface area contributed by atoms with Gasteiger partial charge < -0.3 is 9.64 Å². The number of Topliss-reactive ketones (excluding diaryl/α,β-unsaturated/α-hetero) is 1. The largest absolute Gasteiger partial charge is 0.456 e. The van der Waals surface area contributed by atoms with Gasteiger partial charge in [0.2, 0.25) is 5.91 Å². The van der Waals surface area contributed by atoms with Crippen LogP contribution in [0.2, 0.25) is 0 Å². The summed E-state index contributed by atoms with van der Waals surface area (Å²) in [5, 5.41) is 0. The maximum Gasteiger partial charge on any atom is 0.330 e. The number of thioether (sulfide) groups is 1. The van der Waals surface area contributed by atoms with Crippen LogP contribution in [0.15, 0.2) is 42.5 Å². The van der Waals surface area contributed by atoms with Crippen molar-refractivity contribution in [3.8, 4) is 11.1 Å². The Labute approximate surface area is 173 Å². The summed E-state index contributed by atoms with van der Waals surface area (Å²) in [6, 6.07) is 13.3. The Bertz CT molecular complexity index is 1050. The summed E-state index contributed by atoms with van der Waals surface area (Å²) in [5.74, 6) is -0.212. The molecule has 5 rings (SSSR count). The van der Waals surface area contributed by atoms with Crippen LogP contribution in [0.4, 0.5) is 0 Å². The summed E-state index contributed by atoms with van der Waals surface area (Å²) in [6.07, 6.45) is 2.08. The van der Waals surface area contributed by atoms with Crippen LogP contribution in [0.5, 0.6) is 0 Å². The second-order valence-corrected chi connectivity index (χ2v) is 9.50. The van der Waals surface area contributed by atoms with Gasteiger partial charge in [0, 0.05) is 17.7 Å². The van der Waals surface area contributed by atoms with E-state index in [1.165, 1.54) is 11.1 Å². The Balaban J connectivity index is 1.28. The van der Waals surface area contributed by atoms with E-state index in [0.717, 1.165) is 24.0 Å². The van der Waals surface area contributed by atoms with E-state index in [1.807, 2.05) is 31.2 Å². The number of amides is 1. The van der Waals surface area contributed by atoms with Crippen molar-refractivity contribution < 1.29 is 19.1 Å². The molecule has 148 valence electrons. The molecule has 0 radical (unpaired) electrons.